The summed E-state index contributed by atoms with van der Waals surface area (Å²) >= 11 is 7.57. The third-order valence-electron chi connectivity index (χ3n) is 3.33. The summed E-state index contributed by atoms with van der Waals surface area (Å²) in [6.07, 6.45) is 1.96. The minimum atomic E-state index is -0.182. The van der Waals surface area contributed by atoms with Crippen molar-refractivity contribution in [3.05, 3.63) is 53.1 Å². The molecule has 0 aliphatic heterocycles. The molecule has 2 amide bonds. The number of nitrogens with zero attached hydrogens (tertiary/aromatic N) is 1. The fourth-order valence-corrected chi connectivity index (χ4v) is 2.77. The van der Waals surface area contributed by atoms with Gasteiger partial charge in [-0.25, -0.2) is 4.79 Å². The summed E-state index contributed by atoms with van der Waals surface area (Å²) in [5.74, 6) is 0.796. The summed E-state index contributed by atoms with van der Waals surface area (Å²) < 4.78 is 5.13. The molecule has 122 valence electrons. The zero-order chi connectivity index (χ0) is 16.8. The summed E-state index contributed by atoms with van der Waals surface area (Å²) in [6, 6.07) is 12.9. The van der Waals surface area contributed by atoms with Gasteiger partial charge in [0.1, 0.15) is 5.75 Å². The van der Waals surface area contributed by atoms with Gasteiger partial charge in [0.25, 0.3) is 0 Å². The first-order valence-corrected chi connectivity index (χ1v) is 8.62. The van der Waals surface area contributed by atoms with Crippen molar-refractivity contribution in [1.29, 1.82) is 0 Å². The number of ether oxygens (including phenoxy) is 1. The fourth-order valence-electron chi connectivity index (χ4n) is 2.07. The number of hydrogen-bond donors (Lipinski definition) is 1. The van der Waals surface area contributed by atoms with Crippen LogP contribution in [0.3, 0.4) is 0 Å². The van der Waals surface area contributed by atoms with Crippen molar-refractivity contribution in [2.45, 2.75) is 11.4 Å². The van der Waals surface area contributed by atoms with Crippen LogP contribution in [0.4, 0.5) is 10.5 Å². The molecule has 0 bridgehead atoms. The van der Waals surface area contributed by atoms with E-state index in [0.29, 0.717) is 11.6 Å². The second kappa shape index (κ2) is 8.13. The zero-order valence-electron chi connectivity index (χ0n) is 13.3. The Kier molecular flexibility index (Phi) is 6.19. The number of thioether (sulfide) groups is 1. The molecule has 0 saturated heterocycles. The van der Waals surface area contributed by atoms with Gasteiger partial charge in [-0.3, -0.25) is 0 Å². The number of nitrogens with one attached hydrogen (secondary N) is 1. The Morgan fingerprint density at radius 2 is 1.96 bits per heavy atom. The first-order chi connectivity index (χ1) is 11.0. The van der Waals surface area contributed by atoms with E-state index in [9.17, 15) is 4.79 Å². The van der Waals surface area contributed by atoms with E-state index in [1.54, 1.807) is 36.9 Å². The van der Waals surface area contributed by atoms with Gasteiger partial charge in [0.2, 0.25) is 0 Å². The number of halogens is 1. The number of urea groups is 1. The van der Waals surface area contributed by atoms with Crippen LogP contribution in [0, 0.1) is 0 Å². The molecule has 0 unspecified atom stereocenters. The van der Waals surface area contributed by atoms with Gasteiger partial charge in [-0.1, -0.05) is 23.7 Å². The molecule has 6 heteroatoms. The van der Waals surface area contributed by atoms with Crippen molar-refractivity contribution < 1.29 is 9.53 Å². The normalized spacial score (nSPS) is 10.3. The van der Waals surface area contributed by atoms with Gasteiger partial charge >= 0.3 is 6.03 Å². The van der Waals surface area contributed by atoms with E-state index in [1.165, 1.54) is 0 Å². The van der Waals surface area contributed by atoms with Crippen LogP contribution in [0.15, 0.2) is 47.4 Å². The number of methoxy groups -OCH3 is 1. The predicted octanol–water partition coefficient (Wildman–Crippen LogP) is 4.73. The molecule has 0 atom stereocenters. The Balaban J connectivity index is 2.03. The maximum Gasteiger partial charge on any atom is 0.321 e. The van der Waals surface area contributed by atoms with Crippen LogP contribution in [-0.4, -0.2) is 31.3 Å². The number of benzene rings is 2. The van der Waals surface area contributed by atoms with Gasteiger partial charge in [-0.2, -0.15) is 0 Å². The molecule has 1 N–H and O–H groups in total. The van der Waals surface area contributed by atoms with E-state index >= 15 is 0 Å². The van der Waals surface area contributed by atoms with Crippen molar-refractivity contribution >= 4 is 35.1 Å². The van der Waals surface area contributed by atoms with Crippen LogP contribution in [0.5, 0.6) is 5.75 Å². The highest BCUT2D eigenvalue weighted by molar-refractivity contribution is 7.98. The second-order valence-electron chi connectivity index (χ2n) is 4.98. The van der Waals surface area contributed by atoms with E-state index in [2.05, 4.69) is 5.32 Å². The Labute approximate surface area is 145 Å². The minimum Gasteiger partial charge on any atom is -0.497 e. The van der Waals surface area contributed by atoms with Gasteiger partial charge in [0, 0.05) is 23.5 Å². The molecule has 0 aliphatic carbocycles. The van der Waals surface area contributed by atoms with Crippen molar-refractivity contribution in [3.8, 4) is 5.75 Å². The number of carbonyl (C=O) groups excluding carboxylic acids is 1. The van der Waals surface area contributed by atoms with E-state index in [1.807, 2.05) is 42.7 Å². The molecule has 2 aromatic rings. The molecule has 0 radical (unpaired) electrons. The zero-order valence-corrected chi connectivity index (χ0v) is 14.9. The van der Waals surface area contributed by atoms with Crippen molar-refractivity contribution in [1.82, 2.24) is 4.90 Å². The molecule has 0 spiro atoms. The largest absolute Gasteiger partial charge is 0.497 e. The molecule has 0 aliphatic rings. The summed E-state index contributed by atoms with van der Waals surface area (Å²) in [6.45, 7) is 0.505. The summed E-state index contributed by atoms with van der Waals surface area (Å²) in [5, 5.41) is 3.50. The molecule has 0 aromatic heterocycles. The lowest BCUT2D eigenvalue weighted by Gasteiger charge is -2.19. The standard InChI is InChI=1S/C17H19ClN2O2S/c1-20(11-12-4-7-14(22-2)8-5-12)17(21)19-15-10-13(18)6-9-16(15)23-3/h4-10H,11H2,1-3H3,(H,19,21). The lowest BCUT2D eigenvalue weighted by atomic mass is 10.2. The Morgan fingerprint density at radius 1 is 1.26 bits per heavy atom. The van der Waals surface area contributed by atoms with Gasteiger partial charge in [0.05, 0.1) is 12.8 Å². The van der Waals surface area contributed by atoms with E-state index < -0.39 is 0 Å². The SMILES string of the molecule is COc1ccc(CN(C)C(=O)Nc2cc(Cl)ccc2SC)cc1. The van der Waals surface area contributed by atoms with Crippen molar-refractivity contribution in [2.75, 3.05) is 25.7 Å². The maximum atomic E-state index is 12.4. The first kappa shape index (κ1) is 17.5. The third-order valence-corrected chi connectivity index (χ3v) is 4.36. The molecule has 23 heavy (non-hydrogen) atoms. The quantitative estimate of drug-likeness (QED) is 0.792. The van der Waals surface area contributed by atoms with E-state index in [0.717, 1.165) is 21.9 Å². The summed E-state index contributed by atoms with van der Waals surface area (Å²) in [4.78, 5) is 14.9. The highest BCUT2D eigenvalue weighted by atomic mass is 35.5. The fraction of sp³-hybridized carbons (Fsp3) is 0.235. The molecule has 0 fully saturated rings. The minimum absolute atomic E-state index is 0.182. The Bertz CT molecular complexity index is 677. The summed E-state index contributed by atoms with van der Waals surface area (Å²) in [5.41, 5.74) is 1.75. The predicted molar refractivity (Wildman–Crippen MR) is 96.7 cm³/mol. The molecule has 4 nitrogen and oxygen atoms in total. The van der Waals surface area contributed by atoms with Crippen LogP contribution in [0.2, 0.25) is 5.02 Å². The van der Waals surface area contributed by atoms with Crippen molar-refractivity contribution in [2.24, 2.45) is 0 Å². The molecule has 0 heterocycles. The number of hydrogen-bond acceptors (Lipinski definition) is 3. The van der Waals surface area contributed by atoms with Crippen LogP contribution in [0.1, 0.15) is 5.56 Å². The van der Waals surface area contributed by atoms with Crippen LogP contribution >= 0.6 is 23.4 Å². The second-order valence-corrected chi connectivity index (χ2v) is 6.26. The van der Waals surface area contributed by atoms with Gasteiger partial charge in [-0.05, 0) is 42.2 Å². The average Bonchev–Trinajstić information content (AvgIpc) is 2.55. The van der Waals surface area contributed by atoms with Crippen LogP contribution in [0.25, 0.3) is 0 Å². The number of carbonyl (C=O) groups is 1. The highest BCUT2D eigenvalue weighted by Crippen LogP contribution is 2.28. The van der Waals surface area contributed by atoms with E-state index in [-0.39, 0.29) is 6.03 Å². The average molecular weight is 351 g/mol. The Hall–Kier alpha value is -1.85. The van der Waals surface area contributed by atoms with Crippen LogP contribution < -0.4 is 10.1 Å². The first-order valence-electron chi connectivity index (χ1n) is 7.02. The molecule has 2 aromatic carbocycles. The Morgan fingerprint density at radius 3 is 2.57 bits per heavy atom. The van der Waals surface area contributed by atoms with E-state index in [4.69, 9.17) is 16.3 Å². The lowest BCUT2D eigenvalue weighted by Crippen LogP contribution is -2.31. The summed E-state index contributed by atoms with van der Waals surface area (Å²) in [7, 11) is 3.38. The lowest BCUT2D eigenvalue weighted by molar-refractivity contribution is 0.220. The molecular weight excluding hydrogens is 332 g/mol. The number of anilines is 1. The van der Waals surface area contributed by atoms with Crippen LogP contribution in [-0.2, 0) is 6.54 Å². The third kappa shape index (κ3) is 4.81. The monoisotopic (exact) mass is 350 g/mol. The van der Waals surface area contributed by atoms with Gasteiger partial charge in [0.15, 0.2) is 0 Å². The number of rotatable bonds is 5. The van der Waals surface area contributed by atoms with Crippen molar-refractivity contribution in [3.63, 3.8) is 0 Å². The topological polar surface area (TPSA) is 41.6 Å². The number of amides is 2. The highest BCUT2D eigenvalue weighted by Gasteiger charge is 2.12. The molecule has 2 rings (SSSR count). The molecular formula is C17H19ClN2O2S. The maximum absolute atomic E-state index is 12.4. The van der Waals surface area contributed by atoms with Gasteiger partial charge in [-0.15, -0.1) is 11.8 Å². The molecule has 0 saturated carbocycles. The van der Waals surface area contributed by atoms with Gasteiger partial charge < -0.3 is 15.0 Å². The smallest absolute Gasteiger partial charge is 0.321 e.